The lowest BCUT2D eigenvalue weighted by molar-refractivity contribution is -0.260. The van der Waals surface area contributed by atoms with E-state index in [1.54, 1.807) is 0 Å². The van der Waals surface area contributed by atoms with Gasteiger partial charge in [0.1, 0.15) is 24.4 Å². The first kappa shape index (κ1) is 57.9. The molecule has 4 saturated heterocycles. The lowest BCUT2D eigenvalue weighted by atomic mass is 9.80. The fourth-order valence-corrected chi connectivity index (χ4v) is 11.5. The summed E-state index contributed by atoms with van der Waals surface area (Å²) in [4.78, 5) is 49.3. The molecule has 0 unspecified atom stereocenters. The van der Waals surface area contributed by atoms with Crippen molar-refractivity contribution in [3.63, 3.8) is 0 Å². The molecule has 384 valence electrons. The van der Waals surface area contributed by atoms with Gasteiger partial charge >= 0.3 is 23.9 Å². The topological polar surface area (TPSA) is 199 Å². The summed E-state index contributed by atoms with van der Waals surface area (Å²) >= 11 is 0. The molecule has 4 aliphatic heterocycles. The minimum atomic E-state index is -0.507. The van der Waals surface area contributed by atoms with Crippen molar-refractivity contribution in [2.45, 2.75) is 295 Å². The van der Waals surface area contributed by atoms with E-state index in [1.165, 1.54) is 20.3 Å². The first-order chi connectivity index (χ1) is 29.9. The van der Waals surface area contributed by atoms with E-state index >= 15 is 0 Å². The number of esters is 4. The molecule has 0 saturated carbocycles. The fraction of sp³-hybridized carbons (Fsp3) is 0.920. The molecule has 0 aromatic carbocycles. The van der Waals surface area contributed by atoms with Gasteiger partial charge in [-0.2, -0.15) is 20.3 Å². The van der Waals surface area contributed by atoms with E-state index in [9.17, 15) is 40.0 Å². The number of unbranched alkanes of at least 4 members (excludes halogenated alkanes) is 5. The van der Waals surface area contributed by atoms with Crippen molar-refractivity contribution >= 4 is 23.9 Å². The molecule has 0 spiro atoms. The maximum atomic E-state index is 12.3. The molecule has 16 nitrogen and oxygen atoms in total. The monoisotopic (exact) mass is 941 g/mol. The maximum Gasteiger partial charge on any atom is 0.306 e. The number of hydrogen-bond acceptors (Lipinski definition) is 16. The molecule has 66 heavy (non-hydrogen) atoms. The summed E-state index contributed by atoms with van der Waals surface area (Å²) < 4.78 is 22.7. The number of piperidine rings is 4. The zero-order chi connectivity index (χ0) is 50.5. The highest BCUT2D eigenvalue weighted by Gasteiger charge is 2.49. The van der Waals surface area contributed by atoms with Gasteiger partial charge in [0.25, 0.3) is 0 Å². The van der Waals surface area contributed by atoms with Crippen molar-refractivity contribution in [1.29, 1.82) is 0 Å². The van der Waals surface area contributed by atoms with Crippen molar-refractivity contribution in [3.8, 4) is 0 Å². The van der Waals surface area contributed by atoms with Crippen LogP contribution in [0.15, 0.2) is 0 Å². The predicted octanol–water partition coefficient (Wildman–Crippen LogP) is 9.69. The van der Waals surface area contributed by atoms with E-state index < -0.39 is 56.3 Å². The van der Waals surface area contributed by atoms with Crippen molar-refractivity contribution in [2.24, 2.45) is 0 Å². The summed E-state index contributed by atoms with van der Waals surface area (Å²) in [5.41, 5.74) is -3.74. The van der Waals surface area contributed by atoms with E-state index in [4.69, 9.17) is 18.9 Å². The van der Waals surface area contributed by atoms with Crippen LogP contribution in [0, 0.1) is 0 Å². The Kier molecular flexibility index (Phi) is 19.4. The summed E-state index contributed by atoms with van der Waals surface area (Å²) in [5, 5.41) is 46.9. The highest BCUT2D eigenvalue weighted by atomic mass is 16.6. The molecule has 0 amide bonds. The molecule has 4 aliphatic rings. The molecule has 16 heteroatoms. The van der Waals surface area contributed by atoms with E-state index in [2.05, 4.69) is 0 Å². The Morgan fingerprint density at radius 2 is 0.470 bits per heavy atom. The van der Waals surface area contributed by atoms with Crippen molar-refractivity contribution in [3.05, 3.63) is 0 Å². The maximum absolute atomic E-state index is 12.3. The average Bonchev–Trinajstić information content (AvgIpc) is 3.13. The van der Waals surface area contributed by atoms with Crippen LogP contribution in [-0.2, 0) is 38.1 Å². The molecule has 0 bridgehead atoms. The summed E-state index contributed by atoms with van der Waals surface area (Å²) in [6, 6.07) is 0. The smallest absolute Gasteiger partial charge is 0.306 e. The number of rotatable bonds is 16. The second kappa shape index (κ2) is 22.1. The van der Waals surface area contributed by atoms with Crippen LogP contribution in [-0.4, -0.2) is 134 Å². The Bertz CT molecular complexity index is 1450. The van der Waals surface area contributed by atoms with Gasteiger partial charge in [-0.05, 0) is 124 Å². The van der Waals surface area contributed by atoms with Crippen molar-refractivity contribution < 1.29 is 59.0 Å². The van der Waals surface area contributed by atoms with Crippen LogP contribution >= 0.6 is 0 Å². The molecular weight excluding hydrogens is 849 g/mol. The number of nitrogens with zero attached hydrogens (tertiary/aromatic N) is 4. The first-order valence-electron chi connectivity index (χ1n) is 24.7. The molecule has 0 aromatic rings. The van der Waals surface area contributed by atoms with E-state index in [1.807, 2.05) is 111 Å². The van der Waals surface area contributed by atoms with Crippen LogP contribution < -0.4 is 0 Å². The molecule has 4 fully saturated rings. The van der Waals surface area contributed by atoms with Crippen molar-refractivity contribution in [1.82, 2.24) is 20.3 Å². The third-order valence-electron chi connectivity index (χ3n) is 14.1. The van der Waals surface area contributed by atoms with Gasteiger partial charge in [0.15, 0.2) is 0 Å². The molecule has 0 aliphatic carbocycles. The number of hydrogen-bond donors (Lipinski definition) is 4. The average molecular weight is 941 g/mol. The third-order valence-corrected chi connectivity index (χ3v) is 14.1. The first-order valence-corrected chi connectivity index (χ1v) is 24.7. The molecule has 0 aromatic heterocycles. The van der Waals surface area contributed by atoms with Crippen LogP contribution in [0.5, 0.6) is 0 Å². The van der Waals surface area contributed by atoms with Gasteiger partial charge < -0.3 is 39.8 Å². The Hall–Kier alpha value is -2.44. The second-order valence-electron chi connectivity index (χ2n) is 24.9. The zero-order valence-corrected chi connectivity index (χ0v) is 43.9. The largest absolute Gasteiger partial charge is 0.462 e. The molecule has 0 atom stereocenters. The Morgan fingerprint density at radius 1 is 0.318 bits per heavy atom. The van der Waals surface area contributed by atoms with Crippen LogP contribution in [0.1, 0.15) is 226 Å². The highest BCUT2D eigenvalue weighted by molar-refractivity contribution is 5.78. The second-order valence-corrected chi connectivity index (χ2v) is 24.9. The Labute approximate surface area is 397 Å². The minimum Gasteiger partial charge on any atom is -0.462 e. The predicted molar refractivity (Wildman–Crippen MR) is 250 cm³/mol. The Balaban J connectivity index is 0.000000356. The van der Waals surface area contributed by atoms with Crippen molar-refractivity contribution in [2.75, 3.05) is 0 Å². The van der Waals surface area contributed by atoms with Gasteiger partial charge in [-0.25, -0.2) is 0 Å². The molecular formula is C50H92N4O12. The summed E-state index contributed by atoms with van der Waals surface area (Å²) in [5.74, 6) is -1.17. The van der Waals surface area contributed by atoms with Crippen LogP contribution in [0.3, 0.4) is 0 Å². The van der Waals surface area contributed by atoms with Gasteiger partial charge in [0.05, 0.1) is 12.8 Å². The lowest BCUT2D eigenvalue weighted by Gasteiger charge is -2.51. The molecule has 0 radical (unpaired) electrons. The minimum absolute atomic E-state index is 0.0370. The third kappa shape index (κ3) is 16.3. The van der Waals surface area contributed by atoms with Gasteiger partial charge in [0.2, 0.25) is 0 Å². The highest BCUT2D eigenvalue weighted by Crippen LogP contribution is 2.41. The van der Waals surface area contributed by atoms with Gasteiger partial charge in [-0.1, -0.05) is 25.7 Å². The number of carbonyl (C=O) groups excluding carboxylic acids is 4. The molecule has 4 heterocycles. The summed E-state index contributed by atoms with van der Waals surface area (Å²) in [6.45, 7) is 31.0. The Morgan fingerprint density at radius 3 is 0.652 bits per heavy atom. The quantitative estimate of drug-likeness (QED) is 0.0647. The van der Waals surface area contributed by atoms with Crippen LogP contribution in [0.25, 0.3) is 0 Å². The number of carbonyl (C=O) groups is 4. The zero-order valence-electron chi connectivity index (χ0n) is 43.9. The van der Waals surface area contributed by atoms with Crippen LogP contribution in [0.4, 0.5) is 0 Å². The molecule has 4 N–H and O–H groups in total. The fourth-order valence-electron chi connectivity index (χ4n) is 11.5. The van der Waals surface area contributed by atoms with E-state index in [-0.39, 0.29) is 49.2 Å². The number of ether oxygens (including phenoxy) is 4. The van der Waals surface area contributed by atoms with Gasteiger partial charge in [-0.3, -0.25) is 19.2 Å². The van der Waals surface area contributed by atoms with Crippen LogP contribution in [0.2, 0.25) is 0 Å². The summed E-state index contributed by atoms with van der Waals surface area (Å²) in [7, 11) is 0. The standard InChI is InChI=1S/C28H52N2O6.C22H40N2O6/c1-25(2)17-21(18-26(3,4)29(25)33)35-23(31)15-13-11-9-10-12-14-16-24(32)36-22-19-27(5,6)30(34)28(7,8)20-22;1-19(2)11-15(12-20(3,4)23(19)27)29-17(25)9-10-18(26)30-16-13-21(5,6)24(28)22(7,8)14-16/h21-22,33-34H,9-20H2,1-8H3;15-16,27-28H,9-14H2,1-8H3. The van der Waals surface area contributed by atoms with Gasteiger partial charge in [0, 0.05) is 109 Å². The molecule has 4 rings (SSSR count). The SMILES string of the molecule is CC1(C)CC(OC(=O)CCC(=O)OC2CC(C)(C)N(O)C(C)(C)C2)CC(C)(C)N1O.CC1(C)CC(OC(=O)CCCCCCCCC(=O)OC2CC(C)(C)N(O)C(C)(C)C2)CC(C)(C)N1O. The summed E-state index contributed by atoms with van der Waals surface area (Å²) in [6.07, 6.45) is 10.0. The normalized spacial score (nSPS) is 25.5. The lowest BCUT2D eigenvalue weighted by Crippen LogP contribution is -2.60. The number of hydroxylamine groups is 8. The van der Waals surface area contributed by atoms with E-state index in [0.717, 1.165) is 38.5 Å². The van der Waals surface area contributed by atoms with E-state index in [0.29, 0.717) is 64.2 Å². The van der Waals surface area contributed by atoms with Gasteiger partial charge in [-0.15, -0.1) is 0 Å².